The van der Waals surface area contributed by atoms with Gasteiger partial charge >= 0.3 is 0 Å². The lowest BCUT2D eigenvalue weighted by Gasteiger charge is -2.31. The van der Waals surface area contributed by atoms with Gasteiger partial charge in [0, 0.05) is 17.3 Å². The Balaban J connectivity index is 1.55. The summed E-state index contributed by atoms with van der Waals surface area (Å²) >= 11 is 7.51. The lowest BCUT2D eigenvalue weighted by Crippen LogP contribution is -2.40. The number of para-hydroxylation sites is 1. The number of aromatic nitrogens is 3. The van der Waals surface area contributed by atoms with Crippen molar-refractivity contribution >= 4 is 35.0 Å². The molecule has 1 unspecified atom stereocenters. The molecular weight excluding hydrogens is 380 g/mol. The first-order valence-corrected chi connectivity index (χ1v) is 10.1. The van der Waals surface area contributed by atoms with Crippen molar-refractivity contribution in [2.24, 2.45) is 0 Å². The minimum absolute atomic E-state index is 0.0906. The number of hydrogen-bond acceptors (Lipinski definition) is 4. The first kappa shape index (κ1) is 18.1. The van der Waals surface area contributed by atoms with Crippen LogP contribution in [0.1, 0.15) is 18.9 Å². The maximum atomic E-state index is 13.1. The number of carbonyl (C=O) groups excluding carboxylic acids is 1. The SMILES string of the molecule is CC(Sc1nncn1-c1cccc(Cl)c1)C(=O)N1CCCc2ccccc21. The second-order valence-electron chi connectivity index (χ2n) is 6.45. The molecule has 1 aromatic heterocycles. The molecule has 7 heteroatoms. The second kappa shape index (κ2) is 7.74. The van der Waals surface area contributed by atoms with E-state index >= 15 is 0 Å². The molecule has 3 aromatic rings. The third-order valence-electron chi connectivity index (χ3n) is 4.61. The topological polar surface area (TPSA) is 51.0 Å². The van der Waals surface area contributed by atoms with E-state index in [0.717, 1.165) is 30.8 Å². The van der Waals surface area contributed by atoms with Crippen molar-refractivity contribution in [3.63, 3.8) is 0 Å². The highest BCUT2D eigenvalue weighted by Gasteiger charge is 2.27. The number of fused-ring (bicyclic) bond motifs is 1. The van der Waals surface area contributed by atoms with Crippen LogP contribution in [0.4, 0.5) is 5.69 Å². The summed E-state index contributed by atoms with van der Waals surface area (Å²) in [6.07, 6.45) is 3.64. The molecule has 0 radical (unpaired) electrons. The van der Waals surface area contributed by atoms with Gasteiger partial charge in [-0.1, -0.05) is 47.6 Å². The quantitative estimate of drug-likeness (QED) is 0.612. The fourth-order valence-corrected chi connectivity index (χ4v) is 4.39. The summed E-state index contributed by atoms with van der Waals surface area (Å²) in [6.45, 7) is 2.67. The molecule has 0 saturated heterocycles. The number of aryl methyl sites for hydroxylation is 1. The molecule has 1 amide bonds. The Morgan fingerprint density at radius 2 is 2.07 bits per heavy atom. The molecule has 0 bridgehead atoms. The third kappa shape index (κ3) is 3.73. The highest BCUT2D eigenvalue weighted by Crippen LogP contribution is 2.31. The van der Waals surface area contributed by atoms with Gasteiger partial charge in [0.15, 0.2) is 5.16 Å². The average molecular weight is 399 g/mol. The van der Waals surface area contributed by atoms with Gasteiger partial charge in [-0.05, 0) is 49.6 Å². The van der Waals surface area contributed by atoms with Gasteiger partial charge in [0.1, 0.15) is 6.33 Å². The van der Waals surface area contributed by atoms with Crippen LogP contribution in [-0.4, -0.2) is 32.5 Å². The van der Waals surface area contributed by atoms with Gasteiger partial charge in [0.05, 0.1) is 10.9 Å². The number of amides is 1. The second-order valence-corrected chi connectivity index (χ2v) is 8.19. The van der Waals surface area contributed by atoms with Crippen LogP contribution in [0, 0.1) is 0 Å². The Morgan fingerprint density at radius 1 is 1.22 bits per heavy atom. The number of thioether (sulfide) groups is 1. The Labute approximate surface area is 167 Å². The number of carbonyl (C=O) groups is 1. The van der Waals surface area contributed by atoms with E-state index in [4.69, 9.17) is 11.6 Å². The highest BCUT2D eigenvalue weighted by molar-refractivity contribution is 8.00. The predicted molar refractivity (Wildman–Crippen MR) is 109 cm³/mol. The molecule has 0 aliphatic carbocycles. The van der Waals surface area contributed by atoms with Gasteiger partial charge in [-0.2, -0.15) is 0 Å². The number of benzene rings is 2. The van der Waals surface area contributed by atoms with Crippen LogP contribution in [0.3, 0.4) is 0 Å². The molecular formula is C20H19ClN4OS. The molecule has 138 valence electrons. The summed E-state index contributed by atoms with van der Waals surface area (Å²) in [4.78, 5) is 15.0. The third-order valence-corrected chi connectivity index (χ3v) is 5.89. The Hall–Kier alpha value is -2.31. The van der Waals surface area contributed by atoms with Crippen LogP contribution in [0.25, 0.3) is 5.69 Å². The monoisotopic (exact) mass is 398 g/mol. The minimum Gasteiger partial charge on any atom is -0.311 e. The summed E-state index contributed by atoms with van der Waals surface area (Å²) in [7, 11) is 0. The molecule has 2 heterocycles. The summed E-state index contributed by atoms with van der Waals surface area (Å²) in [5, 5.41) is 9.24. The molecule has 4 rings (SSSR count). The van der Waals surface area contributed by atoms with E-state index in [1.165, 1.54) is 17.3 Å². The molecule has 0 saturated carbocycles. The molecule has 27 heavy (non-hydrogen) atoms. The highest BCUT2D eigenvalue weighted by atomic mass is 35.5. The lowest BCUT2D eigenvalue weighted by atomic mass is 10.0. The number of rotatable bonds is 4. The van der Waals surface area contributed by atoms with Gasteiger partial charge in [-0.15, -0.1) is 10.2 Å². The fourth-order valence-electron chi connectivity index (χ4n) is 3.30. The van der Waals surface area contributed by atoms with Crippen LogP contribution in [0.2, 0.25) is 5.02 Å². The zero-order valence-electron chi connectivity index (χ0n) is 14.9. The average Bonchev–Trinajstić information content (AvgIpc) is 3.15. The molecule has 0 N–H and O–H groups in total. The Bertz CT molecular complexity index is 974. The fraction of sp³-hybridized carbons (Fsp3) is 0.250. The molecule has 5 nitrogen and oxygen atoms in total. The van der Waals surface area contributed by atoms with E-state index in [1.54, 1.807) is 6.33 Å². The van der Waals surface area contributed by atoms with Gasteiger partial charge < -0.3 is 4.90 Å². The molecule has 0 spiro atoms. The molecule has 2 aromatic carbocycles. The number of hydrogen-bond donors (Lipinski definition) is 0. The van der Waals surface area contributed by atoms with Gasteiger partial charge in [-0.25, -0.2) is 0 Å². The number of halogens is 1. The normalized spacial score (nSPS) is 14.7. The van der Waals surface area contributed by atoms with Gasteiger partial charge in [0.25, 0.3) is 0 Å². The van der Waals surface area contributed by atoms with Crippen LogP contribution in [0.5, 0.6) is 0 Å². The van der Waals surface area contributed by atoms with E-state index in [2.05, 4.69) is 16.3 Å². The van der Waals surface area contributed by atoms with Crippen LogP contribution in [-0.2, 0) is 11.2 Å². The van der Waals surface area contributed by atoms with Crippen molar-refractivity contribution in [3.05, 3.63) is 65.4 Å². The standard InChI is InChI=1S/C20H19ClN4OS/c1-14(19(26)24-11-5-7-15-6-2-3-10-18(15)24)27-20-23-22-13-25(20)17-9-4-8-16(21)12-17/h2-4,6,8-10,12-14H,5,7,11H2,1H3. The Kier molecular flexibility index (Phi) is 5.18. The molecule has 0 fully saturated rings. The minimum atomic E-state index is -0.279. The van der Waals surface area contributed by atoms with Gasteiger partial charge in [-0.3, -0.25) is 9.36 Å². The van der Waals surface area contributed by atoms with Crippen LogP contribution < -0.4 is 4.90 Å². The number of nitrogens with zero attached hydrogens (tertiary/aromatic N) is 4. The van der Waals surface area contributed by atoms with Crippen molar-refractivity contribution < 1.29 is 4.79 Å². The van der Waals surface area contributed by atoms with Crippen molar-refractivity contribution in [1.29, 1.82) is 0 Å². The Morgan fingerprint density at radius 3 is 2.93 bits per heavy atom. The number of anilines is 1. The van der Waals surface area contributed by atoms with Crippen LogP contribution in [0.15, 0.2) is 60.0 Å². The van der Waals surface area contributed by atoms with Gasteiger partial charge in [0.2, 0.25) is 5.91 Å². The predicted octanol–water partition coefficient (Wildman–Crippen LogP) is 4.38. The van der Waals surface area contributed by atoms with E-state index in [1.807, 2.05) is 58.9 Å². The maximum Gasteiger partial charge on any atom is 0.240 e. The zero-order valence-corrected chi connectivity index (χ0v) is 16.5. The smallest absolute Gasteiger partial charge is 0.240 e. The zero-order chi connectivity index (χ0) is 18.8. The maximum absolute atomic E-state index is 13.1. The van der Waals surface area contributed by atoms with Crippen molar-refractivity contribution in [2.45, 2.75) is 30.2 Å². The summed E-state index contributed by atoms with van der Waals surface area (Å²) < 4.78 is 1.85. The van der Waals surface area contributed by atoms with E-state index in [-0.39, 0.29) is 11.2 Å². The lowest BCUT2D eigenvalue weighted by molar-refractivity contribution is -0.117. The van der Waals surface area contributed by atoms with Crippen molar-refractivity contribution in [3.8, 4) is 5.69 Å². The molecule has 1 aliphatic rings. The van der Waals surface area contributed by atoms with E-state index in [0.29, 0.717) is 10.2 Å². The first-order valence-electron chi connectivity index (χ1n) is 8.85. The first-order chi connectivity index (χ1) is 13.1. The van der Waals surface area contributed by atoms with Crippen LogP contribution >= 0.6 is 23.4 Å². The molecule has 1 atom stereocenters. The summed E-state index contributed by atoms with van der Waals surface area (Å²) in [6, 6.07) is 15.6. The van der Waals surface area contributed by atoms with E-state index < -0.39 is 0 Å². The van der Waals surface area contributed by atoms with E-state index in [9.17, 15) is 4.79 Å². The van der Waals surface area contributed by atoms with Crippen molar-refractivity contribution in [2.75, 3.05) is 11.4 Å². The largest absolute Gasteiger partial charge is 0.311 e. The molecule has 1 aliphatic heterocycles. The summed E-state index contributed by atoms with van der Waals surface area (Å²) in [5.41, 5.74) is 3.13. The summed E-state index contributed by atoms with van der Waals surface area (Å²) in [5.74, 6) is 0.0906. The van der Waals surface area contributed by atoms with Crippen molar-refractivity contribution in [1.82, 2.24) is 14.8 Å².